The largest absolute Gasteiger partial charge is 0.310 e. The van der Waals surface area contributed by atoms with Crippen molar-refractivity contribution in [2.75, 3.05) is 4.90 Å². The summed E-state index contributed by atoms with van der Waals surface area (Å²) in [6.45, 7) is 4.55. The van der Waals surface area contributed by atoms with Gasteiger partial charge in [0, 0.05) is 45.5 Å². The van der Waals surface area contributed by atoms with Crippen LogP contribution in [0.4, 0.5) is 17.1 Å². The minimum Gasteiger partial charge on any atom is -0.310 e. The van der Waals surface area contributed by atoms with Crippen molar-refractivity contribution in [3.63, 3.8) is 0 Å². The number of rotatable bonds is 3. The molecule has 0 saturated heterocycles. The maximum absolute atomic E-state index is 10.2. The van der Waals surface area contributed by atoms with Crippen molar-refractivity contribution in [2.24, 2.45) is 0 Å². The van der Waals surface area contributed by atoms with E-state index < -0.39 is 0 Å². The van der Waals surface area contributed by atoms with Crippen molar-refractivity contribution in [1.29, 1.82) is 10.5 Å². The average Bonchev–Trinajstić information content (AvgIpc) is 3.42. The molecule has 212 valence electrons. The van der Waals surface area contributed by atoms with Crippen LogP contribution in [0.25, 0.3) is 38.6 Å². The Bertz CT molecular complexity index is 2260. The number of hydrogen-bond donors (Lipinski definition) is 0. The molecule has 0 spiro atoms. The van der Waals surface area contributed by atoms with Gasteiger partial charge in [0.15, 0.2) is 0 Å². The number of benzene rings is 5. The predicted octanol–water partition coefficient (Wildman–Crippen LogP) is 9.70. The highest BCUT2D eigenvalue weighted by Crippen LogP contribution is 2.52. The van der Waals surface area contributed by atoms with Gasteiger partial charge in [0.1, 0.15) is 0 Å². The number of hydrogen-bond acceptors (Lipinski definition) is 4. The summed E-state index contributed by atoms with van der Waals surface area (Å²) in [5.74, 6) is 0. The molecule has 1 aliphatic heterocycles. The Hall–Kier alpha value is -6.17. The summed E-state index contributed by atoms with van der Waals surface area (Å²) >= 11 is 0. The lowest BCUT2D eigenvalue weighted by molar-refractivity contribution is 0.632. The lowest BCUT2D eigenvalue weighted by Crippen LogP contribution is -2.30. The van der Waals surface area contributed by atoms with Crippen LogP contribution in [-0.4, -0.2) is 9.55 Å². The topological polar surface area (TPSA) is 68.6 Å². The molecule has 0 bridgehead atoms. The molecule has 7 aromatic rings. The fraction of sp³-hybridized carbons (Fsp3) is 0.0750. The molecule has 5 aromatic carbocycles. The van der Waals surface area contributed by atoms with Crippen molar-refractivity contribution in [3.05, 3.63) is 150 Å². The molecule has 0 aliphatic carbocycles. The van der Waals surface area contributed by atoms with E-state index in [9.17, 15) is 10.5 Å². The van der Waals surface area contributed by atoms with Gasteiger partial charge >= 0.3 is 0 Å². The predicted molar refractivity (Wildman–Crippen MR) is 180 cm³/mol. The van der Waals surface area contributed by atoms with Crippen LogP contribution in [-0.2, 0) is 5.41 Å². The molecule has 1 aliphatic rings. The third-order valence-electron chi connectivity index (χ3n) is 9.12. The van der Waals surface area contributed by atoms with Gasteiger partial charge in [-0.1, -0.05) is 74.5 Å². The quantitative estimate of drug-likeness (QED) is 0.210. The lowest BCUT2D eigenvalue weighted by Gasteiger charge is -2.42. The molecular weight excluding hydrogens is 550 g/mol. The number of fused-ring (bicyclic) bond motifs is 5. The molecule has 3 heterocycles. The van der Waals surface area contributed by atoms with Crippen molar-refractivity contribution in [3.8, 4) is 29.0 Å². The van der Waals surface area contributed by atoms with Crippen LogP contribution in [0.1, 0.15) is 36.1 Å². The summed E-state index contributed by atoms with van der Waals surface area (Å²) < 4.78 is 2.26. The molecular formula is C40H27N5. The van der Waals surface area contributed by atoms with Crippen LogP contribution >= 0.6 is 0 Å². The van der Waals surface area contributed by atoms with Gasteiger partial charge in [0.25, 0.3) is 0 Å². The van der Waals surface area contributed by atoms with E-state index in [4.69, 9.17) is 0 Å². The summed E-state index contributed by atoms with van der Waals surface area (Å²) in [4.78, 5) is 6.76. The Balaban J connectivity index is 1.50. The van der Waals surface area contributed by atoms with E-state index >= 15 is 0 Å². The van der Waals surface area contributed by atoms with Gasteiger partial charge in [-0.3, -0.25) is 4.98 Å². The highest BCUT2D eigenvalue weighted by atomic mass is 15.2. The smallest absolute Gasteiger partial charge is 0.0998 e. The first kappa shape index (κ1) is 26.5. The average molecular weight is 578 g/mol. The Kier molecular flexibility index (Phi) is 5.85. The summed E-state index contributed by atoms with van der Waals surface area (Å²) in [6.07, 6.45) is 3.73. The molecule has 0 N–H and O–H groups in total. The van der Waals surface area contributed by atoms with Gasteiger partial charge in [-0.25, -0.2) is 0 Å². The number of pyridine rings is 1. The maximum Gasteiger partial charge on any atom is 0.0998 e. The van der Waals surface area contributed by atoms with E-state index in [1.54, 1.807) is 18.2 Å². The van der Waals surface area contributed by atoms with E-state index in [1.165, 1.54) is 11.1 Å². The van der Waals surface area contributed by atoms with E-state index in [0.717, 1.165) is 50.1 Å². The molecule has 5 nitrogen and oxygen atoms in total. The second-order valence-corrected chi connectivity index (χ2v) is 11.9. The summed E-state index contributed by atoms with van der Waals surface area (Å²) in [5, 5.41) is 22.5. The highest BCUT2D eigenvalue weighted by Gasteiger charge is 2.36. The van der Waals surface area contributed by atoms with E-state index in [-0.39, 0.29) is 5.41 Å². The van der Waals surface area contributed by atoms with E-state index in [2.05, 4.69) is 119 Å². The number of nitriles is 2. The zero-order valence-corrected chi connectivity index (χ0v) is 24.9. The third kappa shape index (κ3) is 3.88. The first-order valence-corrected chi connectivity index (χ1v) is 14.9. The Morgan fingerprint density at radius 1 is 0.622 bits per heavy atom. The van der Waals surface area contributed by atoms with Gasteiger partial charge < -0.3 is 9.47 Å². The molecule has 8 rings (SSSR count). The first-order valence-electron chi connectivity index (χ1n) is 14.9. The lowest BCUT2D eigenvalue weighted by atomic mass is 9.73. The molecule has 5 heteroatoms. The minimum atomic E-state index is -0.203. The van der Waals surface area contributed by atoms with Crippen molar-refractivity contribution in [2.45, 2.75) is 19.3 Å². The first-order chi connectivity index (χ1) is 22.0. The molecule has 45 heavy (non-hydrogen) atoms. The summed E-state index contributed by atoms with van der Waals surface area (Å²) in [7, 11) is 0. The highest BCUT2D eigenvalue weighted by molar-refractivity contribution is 6.09. The zero-order chi connectivity index (χ0) is 30.7. The number of anilines is 3. The minimum absolute atomic E-state index is 0.203. The Morgan fingerprint density at radius 2 is 1.22 bits per heavy atom. The van der Waals surface area contributed by atoms with Gasteiger partial charge in [0.05, 0.1) is 45.7 Å². The van der Waals surface area contributed by atoms with Crippen molar-refractivity contribution >= 4 is 38.9 Å². The molecule has 0 saturated carbocycles. The Morgan fingerprint density at radius 3 is 1.91 bits per heavy atom. The molecule has 0 atom stereocenters. The van der Waals surface area contributed by atoms with Crippen LogP contribution in [0, 0.1) is 22.7 Å². The second kappa shape index (κ2) is 9.95. The third-order valence-corrected chi connectivity index (χ3v) is 9.12. The van der Waals surface area contributed by atoms with Crippen LogP contribution < -0.4 is 4.90 Å². The fourth-order valence-electron chi connectivity index (χ4n) is 7.09. The number of nitrogens with zero attached hydrogens (tertiary/aromatic N) is 5. The van der Waals surface area contributed by atoms with E-state index in [1.807, 2.05) is 30.6 Å². The van der Waals surface area contributed by atoms with Crippen molar-refractivity contribution < 1.29 is 0 Å². The van der Waals surface area contributed by atoms with Gasteiger partial charge in [-0.15, -0.1) is 0 Å². The fourth-order valence-corrected chi connectivity index (χ4v) is 7.09. The standard InChI is InChI=1S/C40H27N5/c1-40(2)33-13-4-7-16-37(33)45(38-17-8-5-14-34(38)40)30-21-28(39-26(23-41)10-9-11-27(39)24-42)20-29(22-30)44-35-15-6-3-12-31(35)32-25-43-19-18-36(32)44/h3-22,25H,1-2H3. The number of para-hydroxylation sites is 3. The van der Waals surface area contributed by atoms with Crippen LogP contribution in [0.3, 0.4) is 0 Å². The summed E-state index contributed by atoms with van der Waals surface area (Å²) in [6, 6.07) is 44.0. The van der Waals surface area contributed by atoms with Crippen LogP contribution in [0.5, 0.6) is 0 Å². The van der Waals surface area contributed by atoms with Gasteiger partial charge in [-0.2, -0.15) is 10.5 Å². The Labute approximate surface area is 261 Å². The second-order valence-electron chi connectivity index (χ2n) is 11.9. The number of aromatic nitrogens is 2. The van der Waals surface area contributed by atoms with E-state index in [0.29, 0.717) is 16.7 Å². The zero-order valence-electron chi connectivity index (χ0n) is 24.9. The summed E-state index contributed by atoms with van der Waals surface area (Å²) in [5.41, 5.74) is 10.8. The maximum atomic E-state index is 10.2. The van der Waals surface area contributed by atoms with Crippen LogP contribution in [0.15, 0.2) is 128 Å². The molecule has 0 radical (unpaired) electrons. The molecule has 0 unspecified atom stereocenters. The SMILES string of the molecule is CC1(C)c2ccccc2N(c2cc(-c3c(C#N)cccc3C#N)cc(-n3c4ccccc4c4cnccc43)c2)c2ccccc21. The normalized spacial score (nSPS) is 13.2. The van der Waals surface area contributed by atoms with Crippen LogP contribution in [0.2, 0.25) is 0 Å². The monoisotopic (exact) mass is 577 g/mol. The van der Waals surface area contributed by atoms with Gasteiger partial charge in [-0.05, 0) is 71.3 Å². The van der Waals surface area contributed by atoms with Gasteiger partial charge in [0.2, 0.25) is 0 Å². The molecule has 2 aromatic heterocycles. The van der Waals surface area contributed by atoms with Crippen molar-refractivity contribution in [1.82, 2.24) is 9.55 Å². The molecule has 0 fully saturated rings. The molecule has 0 amide bonds.